The van der Waals surface area contributed by atoms with Crippen LogP contribution >= 0.6 is 0 Å². The number of carbonyl (C=O) groups is 2. The average Bonchev–Trinajstić information content (AvgIpc) is 2.95. The Balaban J connectivity index is 1.81. The normalized spacial score (nSPS) is 17.3. The van der Waals surface area contributed by atoms with Crippen LogP contribution in [-0.4, -0.2) is 56.0 Å². The van der Waals surface area contributed by atoms with E-state index in [0.717, 1.165) is 10.7 Å². The minimum Gasteiger partial charge on any atom is -0.445 e. The fraction of sp³-hybridized carbons (Fsp3) is 0.357. The fourth-order valence-electron chi connectivity index (χ4n) is 2.64. The van der Waals surface area contributed by atoms with Crippen molar-refractivity contribution in [3.8, 4) is 5.69 Å². The Bertz CT molecular complexity index is 863. The van der Waals surface area contributed by atoms with Gasteiger partial charge in [0.2, 0.25) is 0 Å². The van der Waals surface area contributed by atoms with Gasteiger partial charge in [0.1, 0.15) is 11.9 Å². The maximum absolute atomic E-state index is 13.3. The van der Waals surface area contributed by atoms with E-state index < -0.39 is 29.7 Å². The van der Waals surface area contributed by atoms with E-state index in [1.165, 1.54) is 23.1 Å². The first-order chi connectivity index (χ1) is 12.0. The Morgan fingerprint density at radius 1 is 1.32 bits per heavy atom. The molecule has 1 saturated heterocycles. The number of hydrogen-bond acceptors (Lipinski definition) is 6. The van der Waals surface area contributed by atoms with Gasteiger partial charge in [0, 0.05) is 6.54 Å². The molecular weight excluding hydrogens is 335 g/mol. The standard InChI is InChI=1S/C14H15FN6O4/c15-9-3-1-4-10(7-9)20-14(24)21(18-17-20)13(23)19-6-2-5-11(8-19)25-12(16)22/h1,3-4,7,11H,2,5-6,8H2,(H2,16,22). The molecule has 0 radical (unpaired) electrons. The minimum absolute atomic E-state index is 0.0983. The van der Waals surface area contributed by atoms with Gasteiger partial charge >= 0.3 is 17.8 Å². The zero-order valence-corrected chi connectivity index (χ0v) is 13.0. The number of hydrogen-bond donors (Lipinski definition) is 1. The summed E-state index contributed by atoms with van der Waals surface area (Å²) in [4.78, 5) is 37.0. The third-order valence-corrected chi connectivity index (χ3v) is 3.75. The summed E-state index contributed by atoms with van der Waals surface area (Å²) in [5.74, 6) is -0.548. The number of nitrogens with zero attached hydrogens (tertiary/aromatic N) is 5. The lowest BCUT2D eigenvalue weighted by molar-refractivity contribution is 0.0575. The van der Waals surface area contributed by atoms with Crippen molar-refractivity contribution in [1.82, 2.24) is 24.7 Å². The highest BCUT2D eigenvalue weighted by atomic mass is 19.1. The average molecular weight is 350 g/mol. The molecular formula is C14H15FN6O4. The highest BCUT2D eigenvalue weighted by molar-refractivity contribution is 5.75. The predicted molar refractivity (Wildman–Crippen MR) is 81.6 cm³/mol. The van der Waals surface area contributed by atoms with Gasteiger partial charge in [0.25, 0.3) is 0 Å². The van der Waals surface area contributed by atoms with Crippen molar-refractivity contribution in [2.24, 2.45) is 5.73 Å². The fourth-order valence-corrected chi connectivity index (χ4v) is 2.64. The first-order valence-electron chi connectivity index (χ1n) is 7.52. The van der Waals surface area contributed by atoms with Crippen LogP contribution in [0.5, 0.6) is 0 Å². The largest absolute Gasteiger partial charge is 0.445 e. The second-order valence-electron chi connectivity index (χ2n) is 5.49. The Morgan fingerprint density at radius 2 is 2.12 bits per heavy atom. The molecule has 1 fully saturated rings. The van der Waals surface area contributed by atoms with Crippen molar-refractivity contribution in [1.29, 1.82) is 0 Å². The highest BCUT2D eigenvalue weighted by Crippen LogP contribution is 2.14. The van der Waals surface area contributed by atoms with Crippen molar-refractivity contribution in [2.45, 2.75) is 18.9 Å². The molecule has 1 aromatic carbocycles. The molecule has 0 aliphatic carbocycles. The summed E-state index contributed by atoms with van der Waals surface area (Å²) in [5.41, 5.74) is 4.31. The van der Waals surface area contributed by atoms with Gasteiger partial charge < -0.3 is 15.4 Å². The molecule has 2 amide bonds. The molecule has 0 bridgehead atoms. The number of primary amides is 1. The van der Waals surface area contributed by atoms with E-state index in [2.05, 4.69) is 10.4 Å². The van der Waals surface area contributed by atoms with Crippen LogP contribution in [0.2, 0.25) is 0 Å². The number of nitrogens with two attached hydrogens (primary N) is 1. The molecule has 1 atom stereocenters. The minimum atomic E-state index is -0.923. The molecule has 25 heavy (non-hydrogen) atoms. The van der Waals surface area contributed by atoms with Crippen molar-refractivity contribution < 1.29 is 18.7 Å². The SMILES string of the molecule is NC(=O)OC1CCCN(C(=O)n2nnn(-c3cccc(F)c3)c2=O)C1. The lowest BCUT2D eigenvalue weighted by atomic mass is 10.1. The van der Waals surface area contributed by atoms with Crippen molar-refractivity contribution in [3.63, 3.8) is 0 Å². The van der Waals surface area contributed by atoms with Gasteiger partial charge in [0.05, 0.1) is 12.2 Å². The summed E-state index contributed by atoms with van der Waals surface area (Å²) in [5, 5.41) is 7.16. The molecule has 3 rings (SSSR count). The number of benzene rings is 1. The van der Waals surface area contributed by atoms with Crippen LogP contribution in [0.4, 0.5) is 14.0 Å². The van der Waals surface area contributed by atoms with Crippen LogP contribution in [-0.2, 0) is 4.74 Å². The van der Waals surface area contributed by atoms with Crippen LogP contribution in [0.25, 0.3) is 5.69 Å². The molecule has 11 heteroatoms. The first kappa shape index (κ1) is 16.6. The smallest absolute Gasteiger partial charge is 0.404 e. The Morgan fingerprint density at radius 3 is 2.84 bits per heavy atom. The van der Waals surface area contributed by atoms with E-state index in [4.69, 9.17) is 10.5 Å². The van der Waals surface area contributed by atoms with Gasteiger partial charge in [-0.05, 0) is 41.5 Å². The number of aromatic nitrogens is 4. The summed E-state index contributed by atoms with van der Waals surface area (Å²) in [6.07, 6.45) is -0.314. The van der Waals surface area contributed by atoms with Crippen molar-refractivity contribution >= 4 is 12.1 Å². The molecule has 132 valence electrons. The number of amides is 2. The summed E-state index contributed by atoms with van der Waals surface area (Å²) in [6.45, 7) is 0.470. The molecule has 0 spiro atoms. The topological polar surface area (TPSA) is 125 Å². The van der Waals surface area contributed by atoms with Crippen LogP contribution in [0, 0.1) is 5.82 Å². The van der Waals surface area contributed by atoms with Gasteiger partial charge in [-0.3, -0.25) is 0 Å². The lowest BCUT2D eigenvalue weighted by Crippen LogP contribution is -2.48. The summed E-state index contributed by atoms with van der Waals surface area (Å²) >= 11 is 0. The maximum Gasteiger partial charge on any atom is 0.404 e. The Labute approximate surface area is 140 Å². The Hall–Kier alpha value is -3.24. The zero-order chi connectivity index (χ0) is 18.0. The number of halogens is 1. The summed E-state index contributed by atoms with van der Waals surface area (Å²) in [7, 11) is 0. The predicted octanol–water partition coefficient (Wildman–Crippen LogP) is 0.0959. The third-order valence-electron chi connectivity index (χ3n) is 3.75. The van der Waals surface area contributed by atoms with E-state index in [-0.39, 0.29) is 12.2 Å². The van der Waals surface area contributed by atoms with Gasteiger partial charge in [-0.2, -0.15) is 4.68 Å². The van der Waals surface area contributed by atoms with Crippen LogP contribution < -0.4 is 11.4 Å². The number of carbonyl (C=O) groups excluding carboxylic acids is 2. The second kappa shape index (κ2) is 6.71. The van der Waals surface area contributed by atoms with Gasteiger partial charge in [0.15, 0.2) is 0 Å². The van der Waals surface area contributed by atoms with Crippen LogP contribution in [0.1, 0.15) is 12.8 Å². The Kier molecular flexibility index (Phi) is 4.46. The number of ether oxygens (including phenoxy) is 1. The van der Waals surface area contributed by atoms with Crippen LogP contribution in [0.15, 0.2) is 29.1 Å². The molecule has 1 unspecified atom stereocenters. The molecule has 1 aliphatic heterocycles. The molecule has 1 aromatic heterocycles. The molecule has 10 nitrogen and oxygen atoms in total. The number of piperidine rings is 1. The number of likely N-dealkylation sites (tertiary alicyclic amines) is 1. The summed E-state index contributed by atoms with van der Waals surface area (Å²) < 4.78 is 19.6. The summed E-state index contributed by atoms with van der Waals surface area (Å²) in [6, 6.07) is 4.49. The maximum atomic E-state index is 13.3. The van der Waals surface area contributed by atoms with E-state index in [1.807, 2.05) is 0 Å². The van der Waals surface area contributed by atoms with Gasteiger partial charge in [-0.1, -0.05) is 6.07 Å². The van der Waals surface area contributed by atoms with Crippen LogP contribution in [0.3, 0.4) is 0 Å². The van der Waals surface area contributed by atoms with Gasteiger partial charge in [-0.15, -0.1) is 4.68 Å². The molecule has 1 aliphatic rings. The molecule has 2 aromatic rings. The number of rotatable bonds is 2. The molecule has 0 saturated carbocycles. The lowest BCUT2D eigenvalue weighted by Gasteiger charge is -2.31. The van der Waals surface area contributed by atoms with Crippen molar-refractivity contribution in [3.05, 3.63) is 40.6 Å². The van der Waals surface area contributed by atoms with Crippen molar-refractivity contribution in [2.75, 3.05) is 13.1 Å². The quantitative estimate of drug-likeness (QED) is 0.766. The monoisotopic (exact) mass is 350 g/mol. The second-order valence-corrected chi connectivity index (χ2v) is 5.49. The van der Waals surface area contributed by atoms with E-state index in [9.17, 15) is 18.8 Å². The van der Waals surface area contributed by atoms with E-state index in [0.29, 0.717) is 24.1 Å². The van der Waals surface area contributed by atoms with Gasteiger partial charge in [-0.25, -0.2) is 18.8 Å². The molecule has 2 heterocycles. The first-order valence-corrected chi connectivity index (χ1v) is 7.52. The van der Waals surface area contributed by atoms with E-state index in [1.54, 1.807) is 0 Å². The highest BCUT2D eigenvalue weighted by Gasteiger charge is 2.29. The zero-order valence-electron chi connectivity index (χ0n) is 13.0. The van der Waals surface area contributed by atoms with E-state index >= 15 is 0 Å². The molecule has 2 N–H and O–H groups in total. The third kappa shape index (κ3) is 3.49. The number of tetrazole rings is 1.